The van der Waals surface area contributed by atoms with Crippen molar-refractivity contribution in [2.75, 3.05) is 18.5 Å². The summed E-state index contributed by atoms with van der Waals surface area (Å²) in [6.45, 7) is 1.11. The van der Waals surface area contributed by atoms with Gasteiger partial charge in [0.15, 0.2) is 6.61 Å². The topological polar surface area (TPSA) is 102 Å². The first-order chi connectivity index (χ1) is 12.7. The number of benzene rings is 2. The van der Waals surface area contributed by atoms with Crippen molar-refractivity contribution < 1.29 is 31.5 Å². The molecule has 0 heterocycles. The Bertz CT molecular complexity index is 946. The maximum atomic E-state index is 13.4. The van der Waals surface area contributed by atoms with Crippen molar-refractivity contribution in [1.82, 2.24) is 4.72 Å². The van der Waals surface area contributed by atoms with Gasteiger partial charge < -0.3 is 10.1 Å². The molecular formula is C17H16F2N2O5S. The van der Waals surface area contributed by atoms with Gasteiger partial charge in [-0.1, -0.05) is 6.92 Å². The Morgan fingerprint density at radius 3 is 2.37 bits per heavy atom. The van der Waals surface area contributed by atoms with Crippen molar-refractivity contribution >= 4 is 27.6 Å². The zero-order valence-electron chi connectivity index (χ0n) is 14.2. The van der Waals surface area contributed by atoms with Crippen molar-refractivity contribution in [2.24, 2.45) is 0 Å². The minimum Gasteiger partial charge on any atom is -0.452 e. The number of ether oxygens (including phenoxy) is 1. The summed E-state index contributed by atoms with van der Waals surface area (Å²) in [7, 11) is -3.65. The number of esters is 1. The molecule has 0 aliphatic rings. The number of carbonyl (C=O) groups is 2. The number of nitrogens with one attached hydrogen (secondary N) is 2. The summed E-state index contributed by atoms with van der Waals surface area (Å²) < 4.78 is 57.2. The lowest BCUT2D eigenvalue weighted by molar-refractivity contribution is -0.119. The van der Waals surface area contributed by atoms with Gasteiger partial charge in [-0.2, -0.15) is 0 Å². The Kier molecular flexibility index (Phi) is 6.59. The van der Waals surface area contributed by atoms with E-state index in [1.54, 1.807) is 6.92 Å². The van der Waals surface area contributed by atoms with Gasteiger partial charge in [0.25, 0.3) is 5.91 Å². The first-order valence-electron chi connectivity index (χ1n) is 7.74. The fourth-order valence-corrected chi connectivity index (χ4v) is 3.08. The minimum absolute atomic E-state index is 0.0233. The average Bonchev–Trinajstić information content (AvgIpc) is 2.63. The molecule has 27 heavy (non-hydrogen) atoms. The van der Waals surface area contributed by atoms with Crippen LogP contribution in [-0.4, -0.2) is 33.4 Å². The smallest absolute Gasteiger partial charge is 0.338 e. The van der Waals surface area contributed by atoms with Gasteiger partial charge in [0.05, 0.1) is 16.1 Å². The lowest BCUT2D eigenvalue weighted by Gasteiger charge is -2.08. The van der Waals surface area contributed by atoms with Gasteiger partial charge in [-0.05, 0) is 36.4 Å². The Balaban J connectivity index is 1.95. The summed E-state index contributed by atoms with van der Waals surface area (Å²) in [5, 5.41) is 2.08. The standard InChI is InChI=1S/C17H16F2N2O5S/c1-2-20-27(24,25)13-6-3-11(4-7-13)17(23)26-10-16(22)21-15-9-12(18)5-8-14(15)19/h3-9,20H,2,10H2,1H3,(H,21,22). The highest BCUT2D eigenvalue weighted by atomic mass is 32.2. The van der Waals surface area contributed by atoms with Crippen LogP contribution in [0.2, 0.25) is 0 Å². The second-order valence-corrected chi connectivity index (χ2v) is 7.04. The molecule has 0 radical (unpaired) electrons. The molecule has 10 heteroatoms. The maximum Gasteiger partial charge on any atom is 0.338 e. The van der Waals surface area contributed by atoms with Crippen LogP contribution in [0.15, 0.2) is 47.4 Å². The van der Waals surface area contributed by atoms with E-state index in [9.17, 15) is 26.8 Å². The predicted octanol–water partition coefficient (Wildman–Crippen LogP) is 2.06. The quantitative estimate of drug-likeness (QED) is 0.695. The molecule has 2 N–H and O–H groups in total. The molecule has 0 aromatic heterocycles. The van der Waals surface area contributed by atoms with Crippen molar-refractivity contribution in [3.05, 3.63) is 59.7 Å². The molecule has 0 unspecified atom stereocenters. The van der Waals surface area contributed by atoms with Gasteiger partial charge in [0.2, 0.25) is 10.0 Å². The molecule has 0 atom stereocenters. The molecule has 0 aliphatic carbocycles. The molecule has 0 fully saturated rings. The fourth-order valence-electron chi connectivity index (χ4n) is 2.04. The molecule has 0 bridgehead atoms. The molecule has 1 amide bonds. The molecule has 7 nitrogen and oxygen atoms in total. The van der Waals surface area contributed by atoms with E-state index in [1.165, 1.54) is 24.3 Å². The second-order valence-electron chi connectivity index (χ2n) is 5.27. The van der Waals surface area contributed by atoms with Crippen LogP contribution in [0.1, 0.15) is 17.3 Å². The van der Waals surface area contributed by atoms with Crippen molar-refractivity contribution in [2.45, 2.75) is 11.8 Å². The summed E-state index contributed by atoms with van der Waals surface area (Å²) in [6, 6.07) is 7.43. The molecule has 2 aromatic rings. The highest BCUT2D eigenvalue weighted by Crippen LogP contribution is 2.15. The molecule has 0 saturated carbocycles. The number of sulfonamides is 1. The molecular weight excluding hydrogens is 382 g/mol. The van der Waals surface area contributed by atoms with E-state index in [1.807, 2.05) is 0 Å². The van der Waals surface area contributed by atoms with Crippen LogP contribution in [0.25, 0.3) is 0 Å². The van der Waals surface area contributed by atoms with Gasteiger partial charge in [-0.3, -0.25) is 4.79 Å². The maximum absolute atomic E-state index is 13.4. The predicted molar refractivity (Wildman–Crippen MR) is 92.6 cm³/mol. The van der Waals surface area contributed by atoms with Crippen LogP contribution >= 0.6 is 0 Å². The number of rotatable bonds is 7. The number of hydrogen-bond donors (Lipinski definition) is 2. The summed E-state index contributed by atoms with van der Waals surface area (Å²) in [6.07, 6.45) is 0. The molecule has 2 aromatic carbocycles. The van der Waals surface area contributed by atoms with Gasteiger partial charge in [0.1, 0.15) is 11.6 Å². The van der Waals surface area contributed by atoms with Gasteiger partial charge >= 0.3 is 5.97 Å². The first kappa shape index (κ1) is 20.5. The van der Waals surface area contributed by atoms with Crippen LogP contribution in [0.3, 0.4) is 0 Å². The largest absolute Gasteiger partial charge is 0.452 e. The molecule has 0 spiro atoms. The zero-order chi connectivity index (χ0) is 20.0. The summed E-state index contributed by atoms with van der Waals surface area (Å²) >= 11 is 0. The summed E-state index contributed by atoms with van der Waals surface area (Å²) in [5.74, 6) is -3.32. The Morgan fingerprint density at radius 1 is 1.07 bits per heavy atom. The third kappa shape index (κ3) is 5.56. The van der Waals surface area contributed by atoms with Gasteiger partial charge in [0, 0.05) is 12.6 Å². The van der Waals surface area contributed by atoms with E-state index in [4.69, 9.17) is 4.74 Å². The van der Waals surface area contributed by atoms with Gasteiger partial charge in [-0.15, -0.1) is 0 Å². The Labute approximate surface area is 154 Å². The van der Waals surface area contributed by atoms with E-state index in [-0.39, 0.29) is 22.7 Å². The van der Waals surface area contributed by atoms with E-state index < -0.39 is 40.1 Å². The number of anilines is 1. The van der Waals surface area contributed by atoms with Crippen LogP contribution < -0.4 is 10.0 Å². The van der Waals surface area contributed by atoms with Crippen molar-refractivity contribution in [1.29, 1.82) is 0 Å². The second kappa shape index (κ2) is 8.69. The van der Waals surface area contributed by atoms with Crippen LogP contribution in [0, 0.1) is 11.6 Å². The highest BCUT2D eigenvalue weighted by Gasteiger charge is 2.15. The lowest BCUT2D eigenvalue weighted by Crippen LogP contribution is -2.23. The molecule has 0 saturated heterocycles. The van der Waals surface area contributed by atoms with E-state index in [0.717, 1.165) is 18.2 Å². The number of hydrogen-bond acceptors (Lipinski definition) is 5. The van der Waals surface area contributed by atoms with Crippen LogP contribution in [-0.2, 0) is 19.6 Å². The van der Waals surface area contributed by atoms with Crippen LogP contribution in [0.4, 0.5) is 14.5 Å². The average molecular weight is 398 g/mol. The number of carbonyl (C=O) groups excluding carboxylic acids is 2. The number of amides is 1. The molecule has 0 aliphatic heterocycles. The minimum atomic E-state index is -3.65. The monoisotopic (exact) mass is 398 g/mol. The Hall–Kier alpha value is -2.85. The summed E-state index contributed by atoms with van der Waals surface area (Å²) in [5.41, 5.74) is -0.357. The van der Waals surface area contributed by atoms with Crippen molar-refractivity contribution in [3.8, 4) is 0 Å². The third-order valence-corrected chi connectivity index (χ3v) is 4.83. The number of halogens is 2. The zero-order valence-corrected chi connectivity index (χ0v) is 15.0. The third-order valence-electron chi connectivity index (χ3n) is 3.27. The molecule has 144 valence electrons. The summed E-state index contributed by atoms with van der Waals surface area (Å²) in [4.78, 5) is 23.6. The van der Waals surface area contributed by atoms with E-state index >= 15 is 0 Å². The van der Waals surface area contributed by atoms with Crippen molar-refractivity contribution in [3.63, 3.8) is 0 Å². The van der Waals surface area contributed by atoms with E-state index in [0.29, 0.717) is 0 Å². The fraction of sp³-hybridized carbons (Fsp3) is 0.176. The SMILES string of the molecule is CCNS(=O)(=O)c1ccc(C(=O)OCC(=O)Nc2cc(F)ccc2F)cc1. The van der Waals surface area contributed by atoms with Gasteiger partial charge in [-0.25, -0.2) is 26.7 Å². The van der Waals surface area contributed by atoms with Crippen LogP contribution in [0.5, 0.6) is 0 Å². The Morgan fingerprint density at radius 2 is 1.74 bits per heavy atom. The lowest BCUT2D eigenvalue weighted by atomic mass is 10.2. The normalized spacial score (nSPS) is 11.1. The molecule has 2 rings (SSSR count). The first-order valence-corrected chi connectivity index (χ1v) is 9.23. The van der Waals surface area contributed by atoms with E-state index in [2.05, 4.69) is 10.0 Å². The highest BCUT2D eigenvalue weighted by molar-refractivity contribution is 7.89.